The van der Waals surface area contributed by atoms with Gasteiger partial charge < -0.3 is 14.8 Å². The molecule has 1 fully saturated rings. The quantitative estimate of drug-likeness (QED) is 0.565. The maximum absolute atomic E-state index is 12.3. The Labute approximate surface area is 182 Å². The van der Waals surface area contributed by atoms with Gasteiger partial charge in [0.15, 0.2) is 18.1 Å². The first kappa shape index (κ1) is 20.5. The zero-order chi connectivity index (χ0) is 21.8. The molecule has 3 amide bonds. The second-order valence-electron chi connectivity index (χ2n) is 6.66. The van der Waals surface area contributed by atoms with Crippen LogP contribution in [-0.4, -0.2) is 30.8 Å². The van der Waals surface area contributed by atoms with Crippen molar-refractivity contribution in [2.75, 3.05) is 19.0 Å². The predicted molar refractivity (Wildman–Crippen MR) is 120 cm³/mol. The lowest BCUT2D eigenvalue weighted by molar-refractivity contribution is -0.118. The first-order valence-electron chi connectivity index (χ1n) is 9.36. The van der Waals surface area contributed by atoms with Crippen LogP contribution in [0.3, 0.4) is 0 Å². The molecule has 0 radical (unpaired) electrons. The van der Waals surface area contributed by atoms with Crippen LogP contribution in [0.4, 0.5) is 10.5 Å². The zero-order valence-corrected chi connectivity index (χ0v) is 17.3. The van der Waals surface area contributed by atoms with E-state index in [1.807, 2.05) is 42.5 Å². The summed E-state index contributed by atoms with van der Waals surface area (Å²) in [6, 6.07) is 18.6. The number of nitrogens with one attached hydrogen (secondary N) is 2. The topological polar surface area (TPSA) is 93.7 Å². The molecule has 0 aliphatic carbocycles. The molecule has 0 unspecified atom stereocenters. The van der Waals surface area contributed by atoms with Gasteiger partial charge in [-0.25, -0.2) is 0 Å². The van der Waals surface area contributed by atoms with Crippen molar-refractivity contribution in [2.45, 2.75) is 0 Å². The number of benzene rings is 3. The van der Waals surface area contributed by atoms with Gasteiger partial charge in [-0.2, -0.15) is 0 Å². The molecule has 2 N–H and O–H groups in total. The van der Waals surface area contributed by atoms with E-state index in [9.17, 15) is 14.4 Å². The summed E-state index contributed by atoms with van der Waals surface area (Å²) in [5, 5.41) is 6.74. The third-order valence-corrected chi connectivity index (χ3v) is 5.33. The standard InChI is InChI=1S/C23H18N2O5S/c1-29-19-10-14(11-20-22(27)25-23(28)31-20)6-9-18(19)30-13-21(26)24-17-8-7-15-4-2-3-5-16(15)12-17/h2-12H,13H2,1H3,(H,24,26)(H,25,27,28)/b20-11-. The Morgan fingerprint density at radius 2 is 1.84 bits per heavy atom. The number of imide groups is 1. The minimum Gasteiger partial charge on any atom is -0.493 e. The third-order valence-electron chi connectivity index (χ3n) is 4.52. The number of hydrogen-bond acceptors (Lipinski definition) is 6. The highest BCUT2D eigenvalue weighted by atomic mass is 32.2. The van der Waals surface area contributed by atoms with E-state index in [1.54, 1.807) is 24.3 Å². The number of amides is 3. The molecule has 31 heavy (non-hydrogen) atoms. The van der Waals surface area contributed by atoms with Gasteiger partial charge in [0.2, 0.25) is 0 Å². The molecule has 3 aromatic rings. The number of hydrogen-bond donors (Lipinski definition) is 2. The summed E-state index contributed by atoms with van der Waals surface area (Å²) in [4.78, 5) is 35.6. The van der Waals surface area contributed by atoms with Gasteiger partial charge in [-0.05, 0) is 58.4 Å². The second kappa shape index (κ2) is 8.93. The van der Waals surface area contributed by atoms with E-state index in [4.69, 9.17) is 9.47 Å². The first-order chi connectivity index (χ1) is 15.0. The highest BCUT2D eigenvalue weighted by Gasteiger charge is 2.25. The normalized spacial score (nSPS) is 14.5. The van der Waals surface area contributed by atoms with E-state index >= 15 is 0 Å². The van der Waals surface area contributed by atoms with Crippen molar-refractivity contribution in [1.82, 2.24) is 5.32 Å². The smallest absolute Gasteiger partial charge is 0.290 e. The number of thioether (sulfide) groups is 1. The van der Waals surface area contributed by atoms with Crippen LogP contribution >= 0.6 is 11.8 Å². The highest BCUT2D eigenvalue weighted by Crippen LogP contribution is 2.31. The maximum atomic E-state index is 12.3. The summed E-state index contributed by atoms with van der Waals surface area (Å²) >= 11 is 0.838. The SMILES string of the molecule is COc1cc(/C=C2\SC(=O)NC2=O)ccc1OCC(=O)Nc1ccc2ccccc2c1. The molecule has 1 saturated heterocycles. The Balaban J connectivity index is 1.41. The van der Waals surface area contributed by atoms with Crippen molar-refractivity contribution in [3.05, 3.63) is 71.1 Å². The Morgan fingerprint density at radius 1 is 1.03 bits per heavy atom. The second-order valence-corrected chi connectivity index (χ2v) is 7.68. The van der Waals surface area contributed by atoms with E-state index in [0.717, 1.165) is 22.5 Å². The van der Waals surface area contributed by atoms with Crippen molar-refractivity contribution in [2.24, 2.45) is 0 Å². The zero-order valence-electron chi connectivity index (χ0n) is 16.5. The van der Waals surface area contributed by atoms with Crippen molar-refractivity contribution in [3.63, 3.8) is 0 Å². The lowest BCUT2D eigenvalue weighted by atomic mass is 10.1. The molecule has 0 saturated carbocycles. The number of ether oxygens (including phenoxy) is 2. The Hall–Kier alpha value is -3.78. The van der Waals surface area contributed by atoms with Crippen LogP contribution in [0, 0.1) is 0 Å². The Morgan fingerprint density at radius 3 is 2.58 bits per heavy atom. The van der Waals surface area contributed by atoms with Gasteiger partial charge in [-0.3, -0.25) is 19.7 Å². The fourth-order valence-electron chi connectivity index (χ4n) is 3.07. The van der Waals surface area contributed by atoms with Gasteiger partial charge >= 0.3 is 0 Å². The van der Waals surface area contributed by atoms with Crippen molar-refractivity contribution in [1.29, 1.82) is 0 Å². The van der Waals surface area contributed by atoms with Crippen LogP contribution in [0.15, 0.2) is 65.6 Å². The van der Waals surface area contributed by atoms with Gasteiger partial charge in [0, 0.05) is 5.69 Å². The lowest BCUT2D eigenvalue weighted by Crippen LogP contribution is -2.20. The summed E-state index contributed by atoms with van der Waals surface area (Å²) < 4.78 is 11.0. The lowest BCUT2D eigenvalue weighted by Gasteiger charge is -2.12. The average molecular weight is 434 g/mol. The molecule has 156 valence electrons. The van der Waals surface area contributed by atoms with Crippen LogP contribution in [0.2, 0.25) is 0 Å². The van der Waals surface area contributed by atoms with Crippen LogP contribution in [0.1, 0.15) is 5.56 Å². The van der Waals surface area contributed by atoms with Crippen LogP contribution in [-0.2, 0) is 9.59 Å². The summed E-state index contributed by atoms with van der Waals surface area (Å²) in [6.45, 7) is -0.198. The minimum absolute atomic E-state index is 0.198. The van der Waals surface area contributed by atoms with Gasteiger partial charge in [-0.15, -0.1) is 0 Å². The fraction of sp³-hybridized carbons (Fsp3) is 0.0870. The summed E-state index contributed by atoms with van der Waals surface area (Å²) in [7, 11) is 1.48. The van der Waals surface area contributed by atoms with Gasteiger partial charge in [0.25, 0.3) is 17.1 Å². The van der Waals surface area contributed by atoms with E-state index in [2.05, 4.69) is 10.6 Å². The number of carbonyl (C=O) groups is 3. The highest BCUT2D eigenvalue weighted by molar-refractivity contribution is 8.18. The Kier molecular flexibility index (Phi) is 5.90. The molecule has 7 nitrogen and oxygen atoms in total. The third kappa shape index (κ3) is 4.87. The largest absolute Gasteiger partial charge is 0.493 e. The monoisotopic (exact) mass is 434 g/mol. The van der Waals surface area contributed by atoms with Crippen molar-refractivity contribution < 1.29 is 23.9 Å². The number of methoxy groups -OCH3 is 1. The molecular formula is C23H18N2O5S. The summed E-state index contributed by atoms with van der Waals surface area (Å²) in [6.07, 6.45) is 1.59. The summed E-state index contributed by atoms with van der Waals surface area (Å²) in [5.41, 5.74) is 1.35. The molecule has 8 heteroatoms. The van der Waals surface area contributed by atoms with Crippen LogP contribution in [0.25, 0.3) is 16.8 Å². The van der Waals surface area contributed by atoms with Crippen LogP contribution in [0.5, 0.6) is 11.5 Å². The van der Waals surface area contributed by atoms with Crippen LogP contribution < -0.4 is 20.1 Å². The van der Waals surface area contributed by atoms with Gasteiger partial charge in [0.05, 0.1) is 12.0 Å². The van der Waals surface area contributed by atoms with Crippen molar-refractivity contribution >= 4 is 51.4 Å². The molecule has 1 heterocycles. The molecule has 0 atom stereocenters. The van der Waals surface area contributed by atoms with Gasteiger partial charge in [0.1, 0.15) is 0 Å². The molecule has 3 aromatic carbocycles. The van der Waals surface area contributed by atoms with Crippen molar-refractivity contribution in [3.8, 4) is 11.5 Å². The number of rotatable bonds is 6. The van der Waals surface area contributed by atoms with E-state index < -0.39 is 11.1 Å². The number of anilines is 1. The molecule has 1 aliphatic rings. The Bertz CT molecular complexity index is 1220. The minimum atomic E-state index is -0.431. The average Bonchev–Trinajstić information content (AvgIpc) is 3.09. The molecule has 0 bridgehead atoms. The van der Waals surface area contributed by atoms with Gasteiger partial charge in [-0.1, -0.05) is 36.4 Å². The van der Waals surface area contributed by atoms with E-state index in [-0.39, 0.29) is 12.5 Å². The van der Waals surface area contributed by atoms with E-state index in [1.165, 1.54) is 7.11 Å². The predicted octanol–water partition coefficient (Wildman–Crippen LogP) is 4.19. The summed E-state index contributed by atoms with van der Waals surface area (Å²) in [5.74, 6) is 0.0567. The number of carbonyl (C=O) groups excluding carboxylic acids is 3. The molecule has 0 spiro atoms. The number of fused-ring (bicyclic) bond motifs is 1. The maximum Gasteiger partial charge on any atom is 0.290 e. The van der Waals surface area contributed by atoms with E-state index in [0.29, 0.717) is 27.7 Å². The molecule has 4 rings (SSSR count). The molecular weight excluding hydrogens is 416 g/mol. The fourth-order valence-corrected chi connectivity index (χ4v) is 3.76. The first-order valence-corrected chi connectivity index (χ1v) is 10.2. The molecule has 0 aromatic heterocycles. The molecule has 1 aliphatic heterocycles.